The summed E-state index contributed by atoms with van der Waals surface area (Å²) in [5.41, 5.74) is 4.06. The Kier molecular flexibility index (Phi) is 4.04. The first-order valence-corrected chi connectivity index (χ1v) is 9.40. The van der Waals surface area contributed by atoms with Gasteiger partial charge < -0.3 is 4.57 Å². The van der Waals surface area contributed by atoms with Gasteiger partial charge >= 0.3 is 0 Å². The van der Waals surface area contributed by atoms with Gasteiger partial charge in [0.2, 0.25) is 0 Å². The number of hydrogen-bond donors (Lipinski definition) is 0. The molecule has 1 aliphatic heterocycles. The van der Waals surface area contributed by atoms with Crippen LogP contribution >= 0.6 is 24.0 Å². The van der Waals surface area contributed by atoms with Crippen molar-refractivity contribution < 1.29 is 9.18 Å². The van der Waals surface area contributed by atoms with E-state index in [4.69, 9.17) is 12.2 Å². The van der Waals surface area contributed by atoms with Crippen LogP contribution in [0.1, 0.15) is 35.8 Å². The number of anilines is 1. The lowest BCUT2D eigenvalue weighted by atomic mass is 10.2. The van der Waals surface area contributed by atoms with Crippen LogP contribution in [0.5, 0.6) is 0 Å². The van der Waals surface area contributed by atoms with Crippen molar-refractivity contribution in [1.29, 1.82) is 0 Å². The van der Waals surface area contributed by atoms with Gasteiger partial charge in [0.15, 0.2) is 4.32 Å². The number of aromatic nitrogens is 1. The summed E-state index contributed by atoms with van der Waals surface area (Å²) in [6, 6.07) is 8.54. The first-order chi connectivity index (χ1) is 12.0. The largest absolute Gasteiger partial charge is 0.346 e. The van der Waals surface area contributed by atoms with E-state index in [9.17, 15) is 9.18 Å². The van der Waals surface area contributed by atoms with Gasteiger partial charge in [-0.05, 0) is 68.7 Å². The van der Waals surface area contributed by atoms with E-state index in [0.717, 1.165) is 5.56 Å². The van der Waals surface area contributed by atoms with Crippen molar-refractivity contribution in [3.8, 4) is 0 Å². The molecule has 1 saturated carbocycles. The topological polar surface area (TPSA) is 25.2 Å². The van der Waals surface area contributed by atoms with Crippen LogP contribution in [0.2, 0.25) is 0 Å². The molecule has 1 aromatic carbocycles. The van der Waals surface area contributed by atoms with Gasteiger partial charge in [0.05, 0.1) is 10.6 Å². The number of aryl methyl sites for hydroxylation is 1. The number of nitrogens with zero attached hydrogens (tertiary/aromatic N) is 2. The molecule has 0 N–H and O–H groups in total. The number of halogens is 1. The highest BCUT2D eigenvalue weighted by Gasteiger charge is 2.34. The molecule has 0 bridgehead atoms. The van der Waals surface area contributed by atoms with Crippen LogP contribution < -0.4 is 4.90 Å². The van der Waals surface area contributed by atoms with Gasteiger partial charge in [-0.1, -0.05) is 24.0 Å². The van der Waals surface area contributed by atoms with E-state index in [1.807, 2.05) is 6.08 Å². The molecule has 2 aromatic rings. The molecule has 1 saturated heterocycles. The van der Waals surface area contributed by atoms with E-state index in [1.54, 1.807) is 12.1 Å². The van der Waals surface area contributed by atoms with Crippen molar-refractivity contribution in [2.45, 2.75) is 32.7 Å². The average Bonchev–Trinajstić information content (AvgIpc) is 3.30. The molecule has 4 rings (SSSR count). The first kappa shape index (κ1) is 16.5. The number of thioether (sulfide) groups is 1. The lowest BCUT2D eigenvalue weighted by Crippen LogP contribution is -2.27. The third-order valence-electron chi connectivity index (χ3n) is 4.60. The molecule has 1 aliphatic carbocycles. The highest BCUT2D eigenvalue weighted by Crippen LogP contribution is 2.40. The van der Waals surface area contributed by atoms with Crippen LogP contribution in [0.3, 0.4) is 0 Å². The third kappa shape index (κ3) is 2.93. The van der Waals surface area contributed by atoms with Gasteiger partial charge in [0, 0.05) is 17.4 Å². The zero-order valence-electron chi connectivity index (χ0n) is 14.0. The van der Waals surface area contributed by atoms with E-state index in [0.29, 0.717) is 21.0 Å². The molecule has 0 atom stereocenters. The van der Waals surface area contributed by atoms with E-state index < -0.39 is 0 Å². The van der Waals surface area contributed by atoms with E-state index in [2.05, 4.69) is 24.5 Å². The van der Waals surface area contributed by atoms with Crippen LogP contribution in [-0.2, 0) is 4.79 Å². The van der Waals surface area contributed by atoms with E-state index >= 15 is 0 Å². The molecular formula is C19H17FN2OS2. The summed E-state index contributed by atoms with van der Waals surface area (Å²) >= 11 is 6.66. The fraction of sp³-hybridized carbons (Fsp3) is 0.263. The standard InChI is InChI=1S/C19H17FN2OS2/c1-11-9-13(12(2)21(11)15-7-8-15)10-17-18(23)22(19(24)25-17)16-5-3-14(20)4-6-16/h3-6,9-10,15H,7-8H2,1-2H3/b17-10-. The van der Waals surface area contributed by atoms with Crippen LogP contribution in [0, 0.1) is 19.7 Å². The molecule has 2 heterocycles. The van der Waals surface area contributed by atoms with Gasteiger partial charge in [0.25, 0.3) is 5.91 Å². The number of carbonyl (C=O) groups excluding carboxylic acids is 1. The van der Waals surface area contributed by atoms with Crippen molar-refractivity contribution in [3.05, 3.63) is 58.0 Å². The molecule has 1 amide bonds. The number of hydrogen-bond acceptors (Lipinski definition) is 3. The smallest absolute Gasteiger partial charge is 0.270 e. The molecule has 0 unspecified atom stereocenters. The second-order valence-corrected chi connectivity index (χ2v) is 8.10. The SMILES string of the molecule is Cc1cc(/C=C2\SC(=S)N(c3ccc(F)cc3)C2=O)c(C)n1C1CC1. The quantitative estimate of drug-likeness (QED) is 0.561. The summed E-state index contributed by atoms with van der Waals surface area (Å²) in [6.07, 6.45) is 4.37. The van der Waals surface area contributed by atoms with Crippen LogP contribution in [-0.4, -0.2) is 14.8 Å². The molecular weight excluding hydrogens is 355 g/mol. The number of rotatable bonds is 3. The van der Waals surface area contributed by atoms with Gasteiger partial charge in [-0.15, -0.1) is 0 Å². The molecule has 3 nitrogen and oxygen atoms in total. The monoisotopic (exact) mass is 372 g/mol. The van der Waals surface area contributed by atoms with Crippen LogP contribution in [0.25, 0.3) is 6.08 Å². The second-order valence-electron chi connectivity index (χ2n) is 6.42. The summed E-state index contributed by atoms with van der Waals surface area (Å²) in [7, 11) is 0. The maximum Gasteiger partial charge on any atom is 0.270 e. The predicted octanol–water partition coefficient (Wildman–Crippen LogP) is 4.98. The highest BCUT2D eigenvalue weighted by atomic mass is 32.2. The summed E-state index contributed by atoms with van der Waals surface area (Å²) in [5.74, 6) is -0.491. The number of amides is 1. The minimum absolute atomic E-state index is 0.155. The van der Waals surface area contributed by atoms with Crippen molar-refractivity contribution in [3.63, 3.8) is 0 Å². The Hall–Kier alpha value is -1.92. The lowest BCUT2D eigenvalue weighted by Gasteiger charge is -2.14. The molecule has 1 aromatic heterocycles. The van der Waals surface area contributed by atoms with Crippen molar-refractivity contribution >= 4 is 46.0 Å². The van der Waals surface area contributed by atoms with Gasteiger partial charge in [-0.3, -0.25) is 9.69 Å². The Balaban J connectivity index is 1.67. The minimum atomic E-state index is -0.336. The maximum absolute atomic E-state index is 13.1. The summed E-state index contributed by atoms with van der Waals surface area (Å²) in [5, 5.41) is 0. The van der Waals surface area contributed by atoms with Gasteiger partial charge in [-0.25, -0.2) is 4.39 Å². The summed E-state index contributed by atoms with van der Waals surface area (Å²) < 4.78 is 16.0. The number of carbonyl (C=O) groups is 1. The second kappa shape index (κ2) is 6.11. The van der Waals surface area contributed by atoms with E-state index in [-0.39, 0.29) is 11.7 Å². The number of benzene rings is 1. The molecule has 0 radical (unpaired) electrons. The van der Waals surface area contributed by atoms with Crippen LogP contribution in [0.15, 0.2) is 35.2 Å². The first-order valence-electron chi connectivity index (χ1n) is 8.17. The third-order valence-corrected chi connectivity index (χ3v) is 5.90. The zero-order valence-corrected chi connectivity index (χ0v) is 15.6. The predicted molar refractivity (Wildman–Crippen MR) is 104 cm³/mol. The van der Waals surface area contributed by atoms with Crippen LogP contribution in [0.4, 0.5) is 10.1 Å². The minimum Gasteiger partial charge on any atom is -0.346 e. The Labute approximate surface area is 155 Å². The summed E-state index contributed by atoms with van der Waals surface area (Å²) in [6.45, 7) is 4.20. The summed E-state index contributed by atoms with van der Waals surface area (Å²) in [4.78, 5) is 14.9. The molecule has 2 fully saturated rings. The molecule has 6 heteroatoms. The maximum atomic E-state index is 13.1. The molecule has 128 valence electrons. The fourth-order valence-corrected chi connectivity index (χ4v) is 4.55. The Morgan fingerprint density at radius 2 is 1.92 bits per heavy atom. The number of thiocarbonyl (C=S) groups is 1. The van der Waals surface area contributed by atoms with Gasteiger partial charge in [-0.2, -0.15) is 0 Å². The van der Waals surface area contributed by atoms with Gasteiger partial charge in [0.1, 0.15) is 5.82 Å². The average molecular weight is 372 g/mol. The molecule has 25 heavy (non-hydrogen) atoms. The zero-order chi connectivity index (χ0) is 17.7. The molecule has 0 spiro atoms. The van der Waals surface area contributed by atoms with Crippen molar-refractivity contribution in [2.24, 2.45) is 0 Å². The highest BCUT2D eigenvalue weighted by molar-refractivity contribution is 8.27. The Bertz CT molecular complexity index is 910. The molecule has 2 aliphatic rings. The normalized spacial score (nSPS) is 19.3. The van der Waals surface area contributed by atoms with Crippen molar-refractivity contribution in [1.82, 2.24) is 4.57 Å². The fourth-order valence-electron chi connectivity index (χ4n) is 3.27. The lowest BCUT2D eigenvalue weighted by molar-refractivity contribution is -0.113. The Morgan fingerprint density at radius 3 is 2.56 bits per heavy atom. The Morgan fingerprint density at radius 1 is 1.24 bits per heavy atom. The van der Waals surface area contributed by atoms with Crippen molar-refractivity contribution in [2.75, 3.05) is 4.90 Å². The van der Waals surface area contributed by atoms with E-state index in [1.165, 1.54) is 53.0 Å².